The van der Waals surface area contributed by atoms with Gasteiger partial charge in [0.1, 0.15) is 0 Å². The Morgan fingerprint density at radius 3 is 1.62 bits per heavy atom. The zero-order valence-corrected chi connectivity index (χ0v) is 46.9. The quantitative estimate of drug-likeness (QED) is 0.0483. The van der Waals surface area contributed by atoms with Gasteiger partial charge in [0, 0.05) is 70.3 Å². The van der Waals surface area contributed by atoms with E-state index in [9.17, 15) is 9.59 Å². The Labute approximate surface area is 465 Å². The zero-order chi connectivity index (χ0) is 55.0. The van der Waals surface area contributed by atoms with Crippen LogP contribution in [-0.2, 0) is 41.5 Å². The van der Waals surface area contributed by atoms with Crippen LogP contribution in [0.5, 0.6) is 0 Å². The Morgan fingerprint density at radius 1 is 0.667 bits per heavy atom. The van der Waals surface area contributed by atoms with Crippen molar-refractivity contribution in [2.45, 2.75) is 116 Å². The highest BCUT2D eigenvalue weighted by molar-refractivity contribution is 14.1. The van der Waals surface area contributed by atoms with Gasteiger partial charge < -0.3 is 40.9 Å². The molecule has 1 aliphatic heterocycles. The number of hydrogen-bond donors (Lipinski definition) is 4. The highest BCUT2D eigenvalue weighted by Gasteiger charge is 2.52. The normalized spacial score (nSPS) is 19.3. The molecule has 11 rings (SSSR count). The highest BCUT2D eigenvalue weighted by Crippen LogP contribution is 2.36. The van der Waals surface area contributed by atoms with Crippen molar-refractivity contribution in [1.29, 1.82) is 0 Å². The number of nitrogens with zero attached hydrogens (tertiary/aromatic N) is 14. The predicted octanol–water partition coefficient (Wildman–Crippen LogP) is 5.28. The number of primary amides is 2. The fourth-order valence-corrected chi connectivity index (χ4v) is 9.63. The first-order valence-corrected chi connectivity index (χ1v) is 27.4. The Bertz CT molecular complexity index is 3280. The summed E-state index contributed by atoms with van der Waals surface area (Å²) in [5.74, 6) is 0.355. The molecule has 7 heterocycles. The van der Waals surface area contributed by atoms with Gasteiger partial charge in [-0.05, 0) is 145 Å². The molecule has 24 nitrogen and oxygen atoms in total. The second-order valence-electron chi connectivity index (χ2n) is 20.3. The molecule has 2 aromatic carbocycles. The molecule has 4 atom stereocenters. The molecule has 2 saturated carbocycles. The average Bonchev–Trinajstić information content (AvgIpc) is 4.39. The monoisotopic (exact) mass is 1180 g/mol. The number of ether oxygens (including phenoxy) is 2. The van der Waals surface area contributed by atoms with E-state index in [1.165, 1.54) is 0 Å². The van der Waals surface area contributed by atoms with E-state index in [2.05, 4.69) is 84.0 Å². The molecule has 6 N–H and O–H groups in total. The molecule has 0 bridgehead atoms. The molecular formula is C52H66BIN18O6. The smallest absolute Gasteiger partial charge is 0.399 e. The summed E-state index contributed by atoms with van der Waals surface area (Å²) in [6, 6.07) is 16.2. The van der Waals surface area contributed by atoms with E-state index in [1.54, 1.807) is 28.0 Å². The molecule has 78 heavy (non-hydrogen) atoms. The van der Waals surface area contributed by atoms with Crippen LogP contribution in [0.25, 0.3) is 44.8 Å². The summed E-state index contributed by atoms with van der Waals surface area (Å²) >= 11 is 2.26. The molecule has 2 amide bonds. The number of nitrogens with one attached hydrogen (secondary N) is 2. The summed E-state index contributed by atoms with van der Waals surface area (Å²) in [5, 5.41) is 32.1. The number of amides is 2. The molecule has 3 fully saturated rings. The minimum Gasteiger partial charge on any atom is -0.399 e. The number of carbonyl (C=O) groups excluding carboxylic acids is 2. The van der Waals surface area contributed by atoms with E-state index in [0.717, 1.165) is 76.9 Å². The first kappa shape index (κ1) is 55.7. The zero-order valence-electron chi connectivity index (χ0n) is 44.7. The van der Waals surface area contributed by atoms with Crippen LogP contribution in [0, 0.1) is 15.4 Å². The van der Waals surface area contributed by atoms with Gasteiger partial charge in [-0.25, -0.2) is 9.97 Å². The SMILES string of the molecule is CCOCCn1cc(-c2ccc(-n3nnc4cnc(N[C@@H]5CC[C@@H](C(N)=O)C5)nc43)cc2)cn1.CCOCCn1cc(B2OC(C)(C)C(C)(C)O2)cn1.NC(=O)[C@@H]1CC[C@@H](Nc2ncc3nnn(-c4ccc(I)cc4)c3n2)C1. The van der Waals surface area contributed by atoms with Gasteiger partial charge in [0.05, 0.1) is 67.5 Å². The molecule has 3 aliphatic rings. The second-order valence-corrected chi connectivity index (χ2v) is 21.6. The third kappa shape index (κ3) is 13.5. The van der Waals surface area contributed by atoms with Crippen LogP contribution in [0.15, 0.2) is 85.7 Å². The Hall–Kier alpha value is -7.01. The van der Waals surface area contributed by atoms with Crippen LogP contribution >= 0.6 is 22.6 Å². The lowest BCUT2D eigenvalue weighted by Gasteiger charge is -2.32. The summed E-state index contributed by atoms with van der Waals surface area (Å²) in [7, 11) is -0.342. The van der Waals surface area contributed by atoms with Crippen molar-refractivity contribution in [2.75, 3.05) is 37.1 Å². The summed E-state index contributed by atoms with van der Waals surface area (Å²) < 4.78 is 30.9. The lowest BCUT2D eigenvalue weighted by Crippen LogP contribution is -2.41. The number of anilines is 2. The number of hydrogen-bond acceptors (Lipinski definition) is 18. The lowest BCUT2D eigenvalue weighted by molar-refractivity contribution is -0.122. The van der Waals surface area contributed by atoms with Crippen molar-refractivity contribution >= 4 is 81.2 Å². The van der Waals surface area contributed by atoms with Gasteiger partial charge in [-0.2, -0.15) is 29.5 Å². The maximum atomic E-state index is 11.4. The number of rotatable bonds is 18. The molecule has 8 aromatic rings. The molecule has 26 heteroatoms. The number of benzene rings is 2. The van der Waals surface area contributed by atoms with Gasteiger partial charge >= 0.3 is 7.12 Å². The van der Waals surface area contributed by atoms with Crippen LogP contribution in [-0.4, -0.2) is 138 Å². The topological polar surface area (TPSA) is 296 Å². The van der Waals surface area contributed by atoms with Gasteiger partial charge in [0.25, 0.3) is 0 Å². The van der Waals surface area contributed by atoms with Gasteiger partial charge in [0.2, 0.25) is 23.7 Å². The minimum absolute atomic E-state index is 0.0692. The Morgan fingerprint density at radius 2 is 1.14 bits per heavy atom. The van der Waals surface area contributed by atoms with Crippen molar-refractivity contribution in [3.8, 4) is 22.5 Å². The van der Waals surface area contributed by atoms with E-state index in [1.807, 2.05) is 118 Å². The molecule has 0 unspecified atom stereocenters. The van der Waals surface area contributed by atoms with Crippen LogP contribution in [0.2, 0.25) is 0 Å². The van der Waals surface area contributed by atoms with Crippen LogP contribution in [0.4, 0.5) is 11.9 Å². The van der Waals surface area contributed by atoms with E-state index in [4.69, 9.17) is 30.2 Å². The molecular weight excluding hydrogens is 1110 g/mol. The first-order valence-electron chi connectivity index (χ1n) is 26.3. The summed E-state index contributed by atoms with van der Waals surface area (Å²) in [5.41, 5.74) is 17.5. The highest BCUT2D eigenvalue weighted by atomic mass is 127. The molecule has 410 valence electrons. The van der Waals surface area contributed by atoms with Crippen molar-refractivity contribution in [3.05, 3.63) is 89.3 Å². The predicted molar refractivity (Wildman–Crippen MR) is 302 cm³/mol. The summed E-state index contributed by atoms with van der Waals surface area (Å²) in [6.45, 7) is 16.4. The fourth-order valence-electron chi connectivity index (χ4n) is 9.27. The van der Waals surface area contributed by atoms with E-state index in [0.29, 0.717) is 66.9 Å². The number of halogens is 1. The largest absolute Gasteiger partial charge is 0.498 e. The molecule has 0 spiro atoms. The lowest BCUT2D eigenvalue weighted by atomic mass is 9.82. The van der Waals surface area contributed by atoms with Crippen molar-refractivity contribution in [3.63, 3.8) is 0 Å². The Balaban J connectivity index is 0.000000149. The van der Waals surface area contributed by atoms with Gasteiger partial charge in [-0.1, -0.05) is 22.6 Å². The second kappa shape index (κ2) is 24.8. The third-order valence-electron chi connectivity index (χ3n) is 14.4. The fraction of sp³-hybridized carbons (Fsp3) is 0.462. The molecule has 0 radical (unpaired) electrons. The minimum atomic E-state index is -0.342. The maximum Gasteiger partial charge on any atom is 0.498 e. The molecule has 6 aromatic heterocycles. The summed E-state index contributed by atoms with van der Waals surface area (Å²) in [6.07, 6.45) is 15.7. The van der Waals surface area contributed by atoms with Crippen LogP contribution in [0.3, 0.4) is 0 Å². The average molecular weight is 1180 g/mol. The Kier molecular flexibility index (Phi) is 17.7. The third-order valence-corrected chi connectivity index (χ3v) is 15.1. The first-order chi connectivity index (χ1) is 37.6. The summed E-state index contributed by atoms with van der Waals surface area (Å²) in [4.78, 5) is 40.6. The maximum absolute atomic E-state index is 11.4. The van der Waals surface area contributed by atoms with Crippen molar-refractivity contribution in [1.82, 2.24) is 69.5 Å². The van der Waals surface area contributed by atoms with E-state index < -0.39 is 0 Å². The van der Waals surface area contributed by atoms with E-state index >= 15 is 0 Å². The number of carbonyl (C=O) groups is 2. The van der Waals surface area contributed by atoms with E-state index in [-0.39, 0.29) is 54.1 Å². The van der Waals surface area contributed by atoms with Crippen molar-refractivity contribution < 1.29 is 28.4 Å². The van der Waals surface area contributed by atoms with Crippen LogP contribution in [0.1, 0.15) is 80.1 Å². The number of aromatic nitrogens is 14. The van der Waals surface area contributed by atoms with Crippen molar-refractivity contribution in [2.24, 2.45) is 23.3 Å². The van der Waals surface area contributed by atoms with Crippen LogP contribution < -0.4 is 27.6 Å². The molecule has 1 saturated heterocycles. The van der Waals surface area contributed by atoms with Gasteiger partial charge in [-0.15, -0.1) is 10.2 Å². The van der Waals surface area contributed by atoms with Gasteiger partial charge in [-0.3, -0.25) is 19.0 Å². The number of nitrogens with two attached hydrogens (primary N) is 2. The molecule has 2 aliphatic carbocycles. The van der Waals surface area contributed by atoms with Gasteiger partial charge in [0.15, 0.2) is 22.3 Å². The standard InChI is InChI=1S/C23H27N9O2.C16H16IN7O.C13H23BN2O3/c1-2-34-10-9-31-14-17(12-26-31)15-4-7-19(8-5-15)32-22-20(29-30-32)13-25-23(28-22)27-18-6-3-16(11-18)21(24)33;17-10-2-5-12(6-3-10)24-15-13(22-23-24)8-19-16(21-15)20-11-4-1-9(7-11)14(18)25;1-6-17-8-7-16-10-11(9-15-16)14-18-12(2,3)13(4,5)19-14/h4-5,7-8,12-14,16,18H,2-3,6,9-11H2,1H3,(H2,24,33)(H,25,27,28);2-3,5-6,8-9,11H,1,4,7H2,(H2,18,25)(H,19,20,21);9-10H,6-8H2,1-5H3/t16-,18-;9-,11-;/m11./s1. The number of fused-ring (bicyclic) bond motifs is 2.